The molecule has 1 aliphatic rings. The number of likely N-dealkylation sites (tertiary alicyclic amines) is 1. The minimum atomic E-state index is -0.0988. The molecule has 1 heterocycles. The van der Waals surface area contributed by atoms with Gasteiger partial charge in [-0.05, 0) is 44.7 Å². The third-order valence-electron chi connectivity index (χ3n) is 4.50. The number of hydrogen-bond acceptors (Lipinski definition) is 4. The Kier molecular flexibility index (Phi) is 8.25. The van der Waals surface area contributed by atoms with Crippen LogP contribution in [0.1, 0.15) is 32.3 Å². The van der Waals surface area contributed by atoms with Gasteiger partial charge in [-0.1, -0.05) is 18.2 Å². The monoisotopic (exact) mass is 361 g/mol. The second kappa shape index (κ2) is 10.7. The lowest BCUT2D eigenvalue weighted by atomic mass is 9.98. The molecule has 1 aliphatic heterocycles. The molecule has 1 unspecified atom stereocenters. The van der Waals surface area contributed by atoms with Crippen LogP contribution in [0.3, 0.4) is 0 Å². The highest BCUT2D eigenvalue weighted by atomic mass is 16.5. The van der Waals surface area contributed by atoms with Crippen molar-refractivity contribution in [3.8, 4) is 5.75 Å². The molecule has 0 radical (unpaired) electrons. The average molecular weight is 361 g/mol. The van der Waals surface area contributed by atoms with Gasteiger partial charge >= 0.3 is 5.97 Å². The Morgan fingerprint density at radius 3 is 2.85 bits per heavy atom. The summed E-state index contributed by atoms with van der Waals surface area (Å²) in [5, 5.41) is 3.42. The molecule has 0 amide bonds. The van der Waals surface area contributed by atoms with Crippen LogP contribution in [0.5, 0.6) is 5.75 Å². The van der Waals surface area contributed by atoms with Crippen molar-refractivity contribution in [2.24, 2.45) is 10.9 Å². The van der Waals surface area contributed by atoms with Crippen LogP contribution in [0.2, 0.25) is 0 Å². The Hall–Kier alpha value is -2.24. The first-order chi connectivity index (χ1) is 12.7. The topological polar surface area (TPSA) is 63.2 Å². The summed E-state index contributed by atoms with van der Waals surface area (Å²) in [5.74, 6) is 1.61. The largest absolute Gasteiger partial charge is 0.494 e. The number of guanidine groups is 1. The summed E-state index contributed by atoms with van der Waals surface area (Å²) in [7, 11) is 1.78. The van der Waals surface area contributed by atoms with Gasteiger partial charge in [0.2, 0.25) is 0 Å². The SMILES string of the molecule is CCOC(=O)C1CCCN(C(=NC)NCCc2ccccc2OCC)C1. The summed E-state index contributed by atoms with van der Waals surface area (Å²) in [6, 6.07) is 8.11. The predicted molar refractivity (Wildman–Crippen MR) is 104 cm³/mol. The molecule has 1 aromatic carbocycles. The summed E-state index contributed by atoms with van der Waals surface area (Å²) in [6.07, 6.45) is 2.70. The van der Waals surface area contributed by atoms with Gasteiger partial charge in [-0.3, -0.25) is 9.79 Å². The summed E-state index contributed by atoms with van der Waals surface area (Å²) in [6.45, 7) is 7.26. The van der Waals surface area contributed by atoms with E-state index in [2.05, 4.69) is 21.3 Å². The number of nitrogens with zero attached hydrogens (tertiary/aromatic N) is 2. The molecule has 0 aromatic heterocycles. The van der Waals surface area contributed by atoms with Crippen molar-refractivity contribution in [3.05, 3.63) is 29.8 Å². The van der Waals surface area contributed by atoms with Crippen molar-refractivity contribution in [2.45, 2.75) is 33.1 Å². The Labute approximate surface area is 156 Å². The highest BCUT2D eigenvalue weighted by Gasteiger charge is 2.28. The highest BCUT2D eigenvalue weighted by Crippen LogP contribution is 2.19. The van der Waals surface area contributed by atoms with Crippen molar-refractivity contribution < 1.29 is 14.3 Å². The number of aliphatic imine (C=N–C) groups is 1. The zero-order valence-corrected chi connectivity index (χ0v) is 16.2. The predicted octanol–water partition coefficient (Wildman–Crippen LogP) is 2.48. The summed E-state index contributed by atoms with van der Waals surface area (Å²) in [5.41, 5.74) is 1.18. The number of rotatable bonds is 7. The Bertz CT molecular complexity index is 604. The minimum Gasteiger partial charge on any atom is -0.494 e. The lowest BCUT2D eigenvalue weighted by molar-refractivity contribution is -0.149. The van der Waals surface area contributed by atoms with Crippen LogP contribution in [-0.4, -0.2) is 56.7 Å². The van der Waals surface area contributed by atoms with Gasteiger partial charge < -0.3 is 19.7 Å². The molecule has 144 valence electrons. The number of carbonyl (C=O) groups is 1. The summed E-state index contributed by atoms with van der Waals surface area (Å²) < 4.78 is 10.9. The molecule has 1 aromatic rings. The van der Waals surface area contributed by atoms with Gasteiger partial charge in [0.1, 0.15) is 5.75 Å². The van der Waals surface area contributed by atoms with Crippen LogP contribution in [0.25, 0.3) is 0 Å². The lowest BCUT2D eigenvalue weighted by Crippen LogP contribution is -2.48. The van der Waals surface area contributed by atoms with E-state index in [1.165, 1.54) is 5.56 Å². The second-order valence-electron chi connectivity index (χ2n) is 6.30. The molecular formula is C20H31N3O3. The molecule has 6 heteroatoms. The van der Waals surface area contributed by atoms with E-state index in [-0.39, 0.29) is 11.9 Å². The van der Waals surface area contributed by atoms with Crippen molar-refractivity contribution in [1.82, 2.24) is 10.2 Å². The van der Waals surface area contributed by atoms with E-state index < -0.39 is 0 Å². The van der Waals surface area contributed by atoms with E-state index >= 15 is 0 Å². The van der Waals surface area contributed by atoms with Crippen LogP contribution in [0.4, 0.5) is 0 Å². The fourth-order valence-electron chi connectivity index (χ4n) is 3.27. The van der Waals surface area contributed by atoms with E-state index in [0.717, 1.165) is 44.1 Å². The van der Waals surface area contributed by atoms with Crippen LogP contribution < -0.4 is 10.1 Å². The summed E-state index contributed by atoms with van der Waals surface area (Å²) >= 11 is 0. The number of ether oxygens (including phenoxy) is 2. The van der Waals surface area contributed by atoms with Gasteiger partial charge in [0.05, 0.1) is 19.1 Å². The number of para-hydroxylation sites is 1. The number of carbonyl (C=O) groups excluding carboxylic acids is 1. The van der Waals surface area contributed by atoms with Gasteiger partial charge in [-0.15, -0.1) is 0 Å². The molecule has 1 saturated heterocycles. The smallest absolute Gasteiger partial charge is 0.310 e. The van der Waals surface area contributed by atoms with E-state index in [9.17, 15) is 4.79 Å². The lowest BCUT2D eigenvalue weighted by Gasteiger charge is -2.34. The number of hydrogen-bond donors (Lipinski definition) is 1. The maximum atomic E-state index is 12.0. The Balaban J connectivity index is 1.88. The molecule has 6 nitrogen and oxygen atoms in total. The number of piperidine rings is 1. The molecule has 0 aliphatic carbocycles. The van der Waals surface area contributed by atoms with Crippen LogP contribution in [-0.2, 0) is 16.0 Å². The fraction of sp³-hybridized carbons (Fsp3) is 0.600. The first kappa shape index (κ1) is 20.1. The van der Waals surface area contributed by atoms with E-state index in [1.54, 1.807) is 7.05 Å². The highest BCUT2D eigenvalue weighted by molar-refractivity contribution is 5.81. The quantitative estimate of drug-likeness (QED) is 0.459. The van der Waals surface area contributed by atoms with Crippen molar-refractivity contribution in [1.29, 1.82) is 0 Å². The molecule has 0 spiro atoms. The van der Waals surface area contributed by atoms with E-state index in [0.29, 0.717) is 19.8 Å². The van der Waals surface area contributed by atoms with Crippen LogP contribution in [0.15, 0.2) is 29.3 Å². The first-order valence-corrected chi connectivity index (χ1v) is 9.52. The van der Waals surface area contributed by atoms with E-state index in [1.807, 2.05) is 32.0 Å². The zero-order chi connectivity index (χ0) is 18.8. The standard InChI is InChI=1S/C20H31N3O3/c1-4-25-18-11-7-6-9-16(18)12-13-22-20(21-3)23-14-8-10-17(15-23)19(24)26-5-2/h6-7,9,11,17H,4-5,8,10,12-15H2,1-3H3,(H,21,22). The van der Waals surface area contributed by atoms with Crippen molar-refractivity contribution >= 4 is 11.9 Å². The Morgan fingerprint density at radius 1 is 1.31 bits per heavy atom. The molecular weight excluding hydrogens is 330 g/mol. The first-order valence-electron chi connectivity index (χ1n) is 9.52. The maximum Gasteiger partial charge on any atom is 0.310 e. The van der Waals surface area contributed by atoms with Crippen molar-refractivity contribution in [2.75, 3.05) is 39.9 Å². The van der Waals surface area contributed by atoms with Crippen LogP contribution in [0, 0.1) is 5.92 Å². The van der Waals surface area contributed by atoms with Crippen molar-refractivity contribution in [3.63, 3.8) is 0 Å². The van der Waals surface area contributed by atoms with Gasteiger partial charge in [-0.25, -0.2) is 0 Å². The number of benzene rings is 1. The number of nitrogens with one attached hydrogen (secondary N) is 1. The molecule has 2 rings (SSSR count). The molecule has 0 bridgehead atoms. The molecule has 1 fully saturated rings. The third-order valence-corrected chi connectivity index (χ3v) is 4.50. The number of esters is 1. The average Bonchev–Trinajstić information content (AvgIpc) is 2.67. The molecule has 1 atom stereocenters. The van der Waals surface area contributed by atoms with Crippen LogP contribution >= 0.6 is 0 Å². The van der Waals surface area contributed by atoms with E-state index in [4.69, 9.17) is 9.47 Å². The zero-order valence-electron chi connectivity index (χ0n) is 16.2. The van der Waals surface area contributed by atoms with Gasteiger partial charge in [0.25, 0.3) is 0 Å². The minimum absolute atomic E-state index is 0.0686. The third kappa shape index (κ3) is 5.64. The normalized spacial score (nSPS) is 17.7. The van der Waals surface area contributed by atoms with Gasteiger partial charge in [0.15, 0.2) is 5.96 Å². The van der Waals surface area contributed by atoms with Gasteiger partial charge in [0, 0.05) is 26.7 Å². The molecule has 26 heavy (non-hydrogen) atoms. The summed E-state index contributed by atoms with van der Waals surface area (Å²) in [4.78, 5) is 18.6. The van der Waals surface area contributed by atoms with Gasteiger partial charge in [-0.2, -0.15) is 0 Å². The molecule has 0 saturated carbocycles. The maximum absolute atomic E-state index is 12.0. The Morgan fingerprint density at radius 2 is 2.12 bits per heavy atom. The molecule has 1 N–H and O–H groups in total. The fourth-order valence-corrected chi connectivity index (χ4v) is 3.27. The second-order valence-corrected chi connectivity index (χ2v) is 6.30.